The van der Waals surface area contributed by atoms with Gasteiger partial charge >= 0.3 is 0 Å². The van der Waals surface area contributed by atoms with E-state index < -0.39 is 0 Å². The van der Waals surface area contributed by atoms with Crippen LogP contribution in [0, 0.1) is 0 Å². The molecule has 3 aliphatic rings. The van der Waals surface area contributed by atoms with Crippen LogP contribution in [0.4, 0.5) is 5.95 Å². The number of nitrogens with one attached hydrogen (secondary N) is 2. The highest BCUT2D eigenvalue weighted by molar-refractivity contribution is 5.99. The molecule has 0 unspecified atom stereocenters. The molecule has 6 nitrogen and oxygen atoms in total. The molecule has 0 atom stereocenters. The fourth-order valence-electron chi connectivity index (χ4n) is 5.16. The first-order chi connectivity index (χ1) is 12.8. The minimum absolute atomic E-state index is 0.0142. The van der Waals surface area contributed by atoms with Gasteiger partial charge in [0.1, 0.15) is 11.3 Å². The number of hydrogen-bond donors (Lipinski definition) is 2. The van der Waals surface area contributed by atoms with Gasteiger partial charge in [-0.1, -0.05) is 38.5 Å². The molecule has 2 aromatic rings. The van der Waals surface area contributed by atoms with Gasteiger partial charge in [-0.2, -0.15) is 4.98 Å². The van der Waals surface area contributed by atoms with Crippen LogP contribution < -0.4 is 10.6 Å². The summed E-state index contributed by atoms with van der Waals surface area (Å²) in [5, 5.41) is 7.62. The highest BCUT2D eigenvalue weighted by atomic mass is 16.2. The van der Waals surface area contributed by atoms with Crippen LogP contribution in [0.2, 0.25) is 0 Å². The van der Waals surface area contributed by atoms with Crippen molar-refractivity contribution in [3.05, 3.63) is 18.0 Å². The molecule has 2 aliphatic carbocycles. The normalized spacial score (nSPS) is 23.0. The first-order valence-corrected chi connectivity index (χ1v) is 10.2. The minimum Gasteiger partial charge on any atom is -0.351 e. The van der Waals surface area contributed by atoms with Crippen LogP contribution in [-0.4, -0.2) is 33.0 Å². The molecule has 1 spiro atoms. The monoisotopic (exact) mass is 353 g/mol. The van der Waals surface area contributed by atoms with Gasteiger partial charge in [-0.3, -0.25) is 4.79 Å². The third kappa shape index (κ3) is 2.58. The third-order valence-corrected chi connectivity index (χ3v) is 6.55. The minimum atomic E-state index is -0.0142. The summed E-state index contributed by atoms with van der Waals surface area (Å²) in [6.45, 7) is 0.720. The van der Waals surface area contributed by atoms with Gasteiger partial charge < -0.3 is 15.2 Å². The van der Waals surface area contributed by atoms with Crippen LogP contribution >= 0.6 is 0 Å². The average Bonchev–Trinajstić information content (AvgIpc) is 3.07. The van der Waals surface area contributed by atoms with Gasteiger partial charge in [0, 0.05) is 24.2 Å². The quantitative estimate of drug-likeness (QED) is 0.866. The van der Waals surface area contributed by atoms with Gasteiger partial charge in [0.25, 0.3) is 5.91 Å². The fraction of sp³-hybridized carbons (Fsp3) is 0.650. The molecule has 2 N–H and O–H groups in total. The van der Waals surface area contributed by atoms with E-state index in [9.17, 15) is 4.79 Å². The zero-order valence-electron chi connectivity index (χ0n) is 15.3. The average molecular weight is 353 g/mol. The van der Waals surface area contributed by atoms with Crippen molar-refractivity contribution < 1.29 is 4.79 Å². The molecule has 5 rings (SSSR count). The molecular formula is C20H27N5O. The van der Waals surface area contributed by atoms with E-state index in [4.69, 9.17) is 4.98 Å². The van der Waals surface area contributed by atoms with Gasteiger partial charge in [-0.15, -0.1) is 0 Å². The maximum absolute atomic E-state index is 12.5. The summed E-state index contributed by atoms with van der Waals surface area (Å²) in [4.78, 5) is 21.9. The largest absolute Gasteiger partial charge is 0.351 e. The Balaban J connectivity index is 1.57. The van der Waals surface area contributed by atoms with Gasteiger partial charge in [0.05, 0.1) is 5.54 Å². The molecule has 2 fully saturated rings. The number of anilines is 1. The van der Waals surface area contributed by atoms with Crippen molar-refractivity contribution in [1.29, 1.82) is 0 Å². The molecule has 6 heteroatoms. The molecule has 2 aromatic heterocycles. The number of aromatic nitrogens is 3. The lowest BCUT2D eigenvalue weighted by Gasteiger charge is -2.42. The topological polar surface area (TPSA) is 71.8 Å². The zero-order valence-corrected chi connectivity index (χ0v) is 15.3. The van der Waals surface area contributed by atoms with E-state index in [0.717, 1.165) is 36.1 Å². The Morgan fingerprint density at radius 3 is 2.69 bits per heavy atom. The van der Waals surface area contributed by atoms with E-state index >= 15 is 0 Å². The van der Waals surface area contributed by atoms with Crippen molar-refractivity contribution in [2.45, 2.75) is 75.8 Å². The third-order valence-electron chi connectivity index (χ3n) is 6.55. The summed E-state index contributed by atoms with van der Waals surface area (Å²) in [7, 11) is 0. The second-order valence-electron chi connectivity index (χ2n) is 8.28. The molecule has 2 saturated carbocycles. The molecule has 1 amide bonds. The van der Waals surface area contributed by atoms with Crippen molar-refractivity contribution in [3.63, 3.8) is 0 Å². The second-order valence-corrected chi connectivity index (χ2v) is 8.28. The van der Waals surface area contributed by atoms with E-state index in [-0.39, 0.29) is 11.4 Å². The molecule has 0 bridgehead atoms. The Hall–Kier alpha value is -2.11. The van der Waals surface area contributed by atoms with Crippen LogP contribution in [0.3, 0.4) is 0 Å². The summed E-state index contributed by atoms with van der Waals surface area (Å²) < 4.78 is 2.24. The highest BCUT2D eigenvalue weighted by Crippen LogP contribution is 2.40. The number of carbonyl (C=O) groups excluding carboxylic acids is 1. The van der Waals surface area contributed by atoms with Crippen LogP contribution in [-0.2, 0) is 5.54 Å². The Labute approximate surface area is 153 Å². The van der Waals surface area contributed by atoms with Crippen molar-refractivity contribution in [1.82, 2.24) is 19.9 Å². The maximum atomic E-state index is 12.5. The second kappa shape index (κ2) is 6.25. The smallest absolute Gasteiger partial charge is 0.268 e. The van der Waals surface area contributed by atoms with Crippen LogP contribution in [0.15, 0.2) is 12.3 Å². The fourth-order valence-corrected chi connectivity index (χ4v) is 5.16. The SMILES string of the molecule is O=C1NCC2(CCCCC2)n2c1cc1cnc(NC3CCCCC3)nc12. The van der Waals surface area contributed by atoms with E-state index in [1.54, 1.807) is 0 Å². The zero-order chi connectivity index (χ0) is 17.6. The lowest BCUT2D eigenvalue weighted by molar-refractivity contribution is 0.0833. The summed E-state index contributed by atoms with van der Waals surface area (Å²) in [5.41, 5.74) is 1.65. The number of carbonyl (C=O) groups is 1. The number of rotatable bonds is 2. The molecular weight excluding hydrogens is 326 g/mol. The van der Waals surface area contributed by atoms with E-state index in [2.05, 4.69) is 20.2 Å². The van der Waals surface area contributed by atoms with Gasteiger partial charge in [0.2, 0.25) is 5.95 Å². The van der Waals surface area contributed by atoms with Crippen LogP contribution in [0.5, 0.6) is 0 Å². The standard InChI is InChI=1S/C20H27N5O/c26-18-16-11-14-12-21-19(23-15-7-3-1-4-8-15)24-17(14)25(16)20(13-22-18)9-5-2-6-10-20/h11-12,15H,1-10,13H2,(H,22,26)(H,21,23,24). The predicted molar refractivity (Wildman–Crippen MR) is 101 cm³/mol. The Kier molecular flexibility index (Phi) is 3.87. The van der Waals surface area contributed by atoms with Crippen molar-refractivity contribution in [2.75, 3.05) is 11.9 Å². The van der Waals surface area contributed by atoms with Gasteiger partial charge in [-0.05, 0) is 31.7 Å². The summed E-state index contributed by atoms with van der Waals surface area (Å²) in [6.07, 6.45) is 14.1. The van der Waals surface area contributed by atoms with Crippen molar-refractivity contribution >= 4 is 22.9 Å². The van der Waals surface area contributed by atoms with Gasteiger partial charge in [0.15, 0.2) is 0 Å². The molecule has 3 heterocycles. The molecule has 1 aliphatic heterocycles. The van der Waals surface area contributed by atoms with E-state index in [1.165, 1.54) is 51.4 Å². The predicted octanol–water partition coefficient (Wildman–Crippen LogP) is 3.58. The summed E-state index contributed by atoms with van der Waals surface area (Å²) in [6, 6.07) is 2.44. The summed E-state index contributed by atoms with van der Waals surface area (Å²) >= 11 is 0. The van der Waals surface area contributed by atoms with E-state index in [1.807, 2.05) is 12.3 Å². The lowest BCUT2D eigenvalue weighted by Crippen LogP contribution is -2.52. The maximum Gasteiger partial charge on any atom is 0.268 e. The number of nitrogens with zero attached hydrogens (tertiary/aromatic N) is 3. The van der Waals surface area contributed by atoms with Crippen molar-refractivity contribution in [3.8, 4) is 0 Å². The highest BCUT2D eigenvalue weighted by Gasteiger charge is 2.41. The Morgan fingerprint density at radius 2 is 1.88 bits per heavy atom. The number of amides is 1. The van der Waals surface area contributed by atoms with Crippen LogP contribution in [0.1, 0.15) is 74.7 Å². The summed E-state index contributed by atoms with van der Waals surface area (Å²) in [5.74, 6) is 0.725. The van der Waals surface area contributed by atoms with E-state index in [0.29, 0.717) is 12.0 Å². The van der Waals surface area contributed by atoms with Crippen molar-refractivity contribution in [2.24, 2.45) is 0 Å². The Morgan fingerprint density at radius 1 is 1.12 bits per heavy atom. The Bertz CT molecular complexity index is 830. The molecule has 26 heavy (non-hydrogen) atoms. The first-order valence-electron chi connectivity index (χ1n) is 10.2. The molecule has 0 saturated heterocycles. The number of fused-ring (bicyclic) bond motifs is 4. The number of hydrogen-bond acceptors (Lipinski definition) is 4. The molecule has 138 valence electrons. The lowest BCUT2D eigenvalue weighted by atomic mass is 9.80. The van der Waals surface area contributed by atoms with Crippen LogP contribution in [0.25, 0.3) is 11.0 Å². The molecule has 0 aromatic carbocycles. The first kappa shape index (κ1) is 16.1. The van der Waals surface area contributed by atoms with Gasteiger partial charge in [-0.25, -0.2) is 4.98 Å². The molecule has 0 radical (unpaired) electrons.